The molecule has 0 amide bonds. The molecule has 4 aromatic carbocycles. The maximum absolute atomic E-state index is 8.51. The Hall–Kier alpha value is -9.66. The molecular formula is C68H95N21O3. The topological polar surface area (TPSA) is 254 Å². The zero-order valence-electron chi connectivity index (χ0n) is 58.7. The van der Waals surface area contributed by atoms with Gasteiger partial charge in [-0.3, -0.25) is 19.0 Å². The Morgan fingerprint density at radius 1 is 0.391 bits per heavy atom. The van der Waals surface area contributed by atoms with Crippen LogP contribution in [0.4, 0.5) is 0 Å². The number of benzene rings is 4. The standard InChI is InChI=1S/3C11H15N3O.C11H14N2.C10H13N3.C8H11N3.C6H12N4/c1-11(2,3)14-10-6-5-8(15-4)7-9(10)12-13-14;1-11(2,3)14-10-7-8(15-4)5-6-9(10)12-13-14;1-11(2,3)14-12-9-6-5-8(15-4)7-10(9)13-14;1-11(2,3)13-10-7-5-4-6-9(10)8-12-13;1-10(2,3)13-7-8-4-5-11-6-9(8)12-13;1-8(2,3)11-6-7(4-9)5-10-11;1-5-7-9-10(8-5)6(2,3)4/h3*5-7H,1-4H3;4-8H,1-3H3;4-7H,1-3H3;5-6H,1-3H3;1-4H3. The van der Waals surface area contributed by atoms with Crippen LogP contribution in [0.2, 0.25) is 0 Å². The van der Waals surface area contributed by atoms with Gasteiger partial charge in [-0.2, -0.15) is 40.3 Å². The summed E-state index contributed by atoms with van der Waals surface area (Å²) in [6.07, 6.45) is 10.9. The first kappa shape index (κ1) is 71.4. The van der Waals surface area contributed by atoms with Crippen LogP contribution >= 0.6 is 0 Å². The fourth-order valence-electron chi connectivity index (χ4n) is 8.40. The quantitative estimate of drug-likeness (QED) is 0.159. The van der Waals surface area contributed by atoms with Crippen LogP contribution in [0.5, 0.6) is 17.2 Å². The maximum atomic E-state index is 8.51. The Morgan fingerprint density at radius 2 is 0.924 bits per heavy atom. The van der Waals surface area contributed by atoms with E-state index in [0.717, 1.165) is 67.1 Å². The van der Waals surface area contributed by atoms with E-state index in [1.165, 1.54) is 10.9 Å². The molecule has 12 aromatic rings. The van der Waals surface area contributed by atoms with Crippen LogP contribution in [0.1, 0.15) is 157 Å². The number of pyridine rings is 1. The fourth-order valence-corrected chi connectivity index (χ4v) is 8.40. The predicted molar refractivity (Wildman–Crippen MR) is 364 cm³/mol. The smallest absolute Gasteiger partial charge is 0.171 e. The van der Waals surface area contributed by atoms with Crippen molar-refractivity contribution in [2.75, 3.05) is 21.3 Å². The van der Waals surface area contributed by atoms with Gasteiger partial charge in [-0.05, 0) is 206 Å². The number of nitrogens with zero attached hydrogens (tertiary/aromatic N) is 21. The molecule has 8 heterocycles. The van der Waals surface area contributed by atoms with Crippen molar-refractivity contribution in [3.63, 3.8) is 0 Å². The van der Waals surface area contributed by atoms with Gasteiger partial charge in [-0.15, -0.1) is 20.4 Å². The van der Waals surface area contributed by atoms with E-state index in [0.29, 0.717) is 5.56 Å². The number of tetrazole rings is 1. The van der Waals surface area contributed by atoms with E-state index in [-0.39, 0.29) is 38.8 Å². The van der Waals surface area contributed by atoms with Gasteiger partial charge in [0, 0.05) is 47.6 Å². The van der Waals surface area contributed by atoms with Crippen LogP contribution in [-0.2, 0) is 38.8 Å². The first-order valence-electron chi connectivity index (χ1n) is 30.4. The highest BCUT2D eigenvalue weighted by Gasteiger charge is 2.22. The molecule has 12 rings (SSSR count). The molecule has 0 aliphatic heterocycles. The monoisotopic (exact) mass is 1250 g/mol. The van der Waals surface area contributed by atoms with Crippen molar-refractivity contribution in [1.29, 1.82) is 5.26 Å². The summed E-state index contributed by atoms with van der Waals surface area (Å²) in [5.74, 6) is 3.16. The lowest BCUT2D eigenvalue weighted by Gasteiger charge is -2.20. The number of aromatic nitrogens is 20. The summed E-state index contributed by atoms with van der Waals surface area (Å²) in [6, 6.07) is 29.6. The molecule has 92 heavy (non-hydrogen) atoms. The molecule has 0 spiro atoms. The van der Waals surface area contributed by atoms with Crippen molar-refractivity contribution in [2.24, 2.45) is 0 Å². The van der Waals surface area contributed by atoms with Crippen LogP contribution in [0, 0.1) is 18.3 Å². The van der Waals surface area contributed by atoms with Gasteiger partial charge in [-0.1, -0.05) is 28.6 Å². The fraction of sp³-hybridized carbons (Fsp3) is 0.471. The van der Waals surface area contributed by atoms with Crippen molar-refractivity contribution < 1.29 is 14.2 Å². The summed E-state index contributed by atoms with van der Waals surface area (Å²) < 4.78 is 25.1. The lowest BCUT2D eigenvalue weighted by molar-refractivity contribution is 0.305. The van der Waals surface area contributed by atoms with E-state index in [4.69, 9.17) is 19.5 Å². The average Bonchev–Trinajstić information content (AvgIpc) is 1.67. The zero-order valence-corrected chi connectivity index (χ0v) is 58.7. The number of methoxy groups -OCH3 is 3. The molecule has 0 bridgehead atoms. The van der Waals surface area contributed by atoms with Crippen LogP contribution < -0.4 is 14.2 Å². The third kappa shape index (κ3) is 19.2. The lowest BCUT2D eigenvalue weighted by Crippen LogP contribution is -2.24. The first-order valence-corrected chi connectivity index (χ1v) is 30.4. The molecule has 0 atom stereocenters. The molecule has 0 unspecified atom stereocenters. The normalized spacial score (nSPS) is 12.0. The summed E-state index contributed by atoms with van der Waals surface area (Å²) in [5.41, 5.74) is 8.12. The number of ether oxygens (including phenoxy) is 3. The lowest BCUT2D eigenvalue weighted by atomic mass is 10.1. The molecule has 8 aromatic heterocycles. The summed E-state index contributed by atoms with van der Waals surface area (Å²) in [7, 11) is 4.96. The minimum Gasteiger partial charge on any atom is -0.497 e. The molecule has 0 N–H and O–H groups in total. The SMILES string of the molecule is CC(C)(C)n1cc(C#N)cn1.CC(C)(C)n1cc2ccncc2n1.CC(C)(C)n1ncc2ccccc21.COc1ccc2c(c1)nnn2C(C)(C)C.COc1ccc2nn(C(C)(C)C)nc2c1.COc1ccc2nnn(C(C)(C)C)c2c1.Cc1nnn(C(C)(C)C)n1. The van der Waals surface area contributed by atoms with Gasteiger partial charge in [-0.25, -0.2) is 9.36 Å². The Bertz CT molecular complexity index is 4290. The highest BCUT2D eigenvalue weighted by molar-refractivity contribution is 5.79. The van der Waals surface area contributed by atoms with Crippen molar-refractivity contribution in [3.05, 3.63) is 133 Å². The van der Waals surface area contributed by atoms with Gasteiger partial charge in [0.15, 0.2) is 5.82 Å². The predicted octanol–water partition coefficient (Wildman–Crippen LogP) is 13.8. The van der Waals surface area contributed by atoms with Crippen LogP contribution in [0.3, 0.4) is 0 Å². The van der Waals surface area contributed by atoms with Gasteiger partial charge in [0.1, 0.15) is 50.9 Å². The van der Waals surface area contributed by atoms with Crippen molar-refractivity contribution in [3.8, 4) is 23.3 Å². The molecule has 490 valence electrons. The molecule has 0 saturated heterocycles. The van der Waals surface area contributed by atoms with Crippen LogP contribution in [0.25, 0.3) is 54.9 Å². The molecule has 0 aliphatic carbocycles. The summed E-state index contributed by atoms with van der Waals surface area (Å²) in [5, 5.41) is 60.8. The third-order valence-electron chi connectivity index (χ3n) is 13.4. The number of aryl methyl sites for hydroxylation is 1. The van der Waals surface area contributed by atoms with E-state index in [1.54, 1.807) is 60.4 Å². The molecule has 0 aliphatic rings. The van der Waals surface area contributed by atoms with E-state index in [2.05, 4.69) is 193 Å². The summed E-state index contributed by atoms with van der Waals surface area (Å²) in [4.78, 5) is 7.38. The Balaban J connectivity index is 0.000000171. The Kier molecular flexibility index (Phi) is 22.2. The number of hydrogen-bond acceptors (Lipinski definition) is 17. The highest BCUT2D eigenvalue weighted by Crippen LogP contribution is 2.27. The molecule has 24 nitrogen and oxygen atoms in total. The number of rotatable bonds is 3. The molecule has 0 saturated carbocycles. The number of nitriles is 1. The first-order chi connectivity index (χ1) is 42.7. The van der Waals surface area contributed by atoms with Gasteiger partial charge in [0.05, 0.1) is 101 Å². The van der Waals surface area contributed by atoms with Gasteiger partial charge < -0.3 is 14.2 Å². The largest absolute Gasteiger partial charge is 0.497 e. The minimum atomic E-state index is -0.0910. The van der Waals surface area contributed by atoms with Crippen molar-refractivity contribution >= 4 is 54.9 Å². The van der Waals surface area contributed by atoms with Crippen LogP contribution in [0.15, 0.2) is 122 Å². The van der Waals surface area contributed by atoms with Gasteiger partial charge in [0.2, 0.25) is 0 Å². The zero-order chi connectivity index (χ0) is 68.4. The van der Waals surface area contributed by atoms with Crippen molar-refractivity contribution in [1.82, 2.24) is 99.5 Å². The Labute approximate surface area is 540 Å². The van der Waals surface area contributed by atoms with E-state index >= 15 is 0 Å². The minimum absolute atomic E-state index is 0.0326. The number of fused-ring (bicyclic) bond motifs is 5. The molecular weight excluding hydrogens is 1160 g/mol. The van der Waals surface area contributed by atoms with Gasteiger partial charge >= 0.3 is 0 Å². The summed E-state index contributed by atoms with van der Waals surface area (Å²) in [6.45, 7) is 45.8. The third-order valence-corrected chi connectivity index (χ3v) is 13.4. The summed E-state index contributed by atoms with van der Waals surface area (Å²) >= 11 is 0. The maximum Gasteiger partial charge on any atom is 0.171 e. The van der Waals surface area contributed by atoms with E-state index < -0.39 is 0 Å². The second-order valence-electron chi connectivity index (χ2n) is 28.8. The molecule has 0 fully saturated rings. The average molecular weight is 1250 g/mol. The van der Waals surface area contributed by atoms with E-state index in [1.807, 2.05) is 148 Å². The second-order valence-corrected chi connectivity index (χ2v) is 28.8. The molecule has 24 heteroatoms. The highest BCUT2D eigenvalue weighted by atomic mass is 16.5. The van der Waals surface area contributed by atoms with Crippen molar-refractivity contribution in [2.45, 2.75) is 191 Å². The van der Waals surface area contributed by atoms with E-state index in [9.17, 15) is 0 Å². The van der Waals surface area contributed by atoms with Crippen LogP contribution in [-0.4, -0.2) is 121 Å². The second kappa shape index (κ2) is 28.7. The molecule has 0 radical (unpaired) electrons. The number of para-hydroxylation sites is 1. The Morgan fingerprint density at radius 3 is 1.42 bits per heavy atom. The number of hydrogen-bond donors (Lipinski definition) is 0. The van der Waals surface area contributed by atoms with Gasteiger partial charge in [0.25, 0.3) is 0 Å².